The third kappa shape index (κ3) is 3.44. The molecule has 0 bridgehead atoms. The lowest BCUT2D eigenvalue weighted by molar-refractivity contribution is -0.385. The van der Waals surface area contributed by atoms with Crippen LogP contribution in [0.3, 0.4) is 0 Å². The van der Waals surface area contributed by atoms with Gasteiger partial charge in [-0.1, -0.05) is 23.7 Å². The molecule has 0 saturated heterocycles. The van der Waals surface area contributed by atoms with E-state index in [9.17, 15) is 14.9 Å². The summed E-state index contributed by atoms with van der Waals surface area (Å²) in [5.74, 6) is 0.102. The molecule has 0 atom stereocenters. The number of carbonyl (C=O) groups is 1. The molecule has 2 heterocycles. The maximum Gasteiger partial charge on any atom is 0.307 e. The van der Waals surface area contributed by atoms with Gasteiger partial charge >= 0.3 is 5.69 Å². The smallest absolute Gasteiger partial charge is 0.307 e. The first-order chi connectivity index (χ1) is 11.5. The van der Waals surface area contributed by atoms with E-state index >= 15 is 0 Å². The summed E-state index contributed by atoms with van der Waals surface area (Å²) in [6, 6.07) is 9.96. The van der Waals surface area contributed by atoms with Gasteiger partial charge in [0.15, 0.2) is 5.76 Å². The number of anilines is 1. The molecule has 0 unspecified atom stereocenters. The summed E-state index contributed by atoms with van der Waals surface area (Å²) >= 11 is 5.98. The quantitative estimate of drug-likeness (QED) is 0.563. The molecule has 0 spiro atoms. The number of nitrogens with one attached hydrogen (secondary N) is 1. The summed E-state index contributed by atoms with van der Waals surface area (Å²) in [6.07, 6.45) is 2.43. The topological polar surface area (TPSA) is 103 Å². The third-order valence-corrected chi connectivity index (χ3v) is 3.49. The van der Waals surface area contributed by atoms with E-state index in [1.54, 1.807) is 30.3 Å². The van der Waals surface area contributed by atoms with Gasteiger partial charge in [-0.3, -0.25) is 19.6 Å². The van der Waals surface area contributed by atoms with Crippen molar-refractivity contribution in [3.8, 4) is 0 Å². The van der Waals surface area contributed by atoms with Gasteiger partial charge in [0.1, 0.15) is 18.2 Å². The van der Waals surface area contributed by atoms with E-state index < -0.39 is 10.8 Å². The average Bonchev–Trinajstić information content (AvgIpc) is 3.19. The fourth-order valence-corrected chi connectivity index (χ4v) is 2.21. The number of nitrogens with zero attached hydrogens (tertiary/aromatic N) is 3. The molecule has 0 radical (unpaired) electrons. The summed E-state index contributed by atoms with van der Waals surface area (Å²) in [5, 5.41) is 17.6. The molecule has 1 aromatic carbocycles. The monoisotopic (exact) mass is 346 g/mol. The highest BCUT2D eigenvalue weighted by atomic mass is 35.5. The second-order valence-electron chi connectivity index (χ2n) is 4.85. The van der Waals surface area contributed by atoms with Crippen LogP contribution < -0.4 is 5.32 Å². The van der Waals surface area contributed by atoms with E-state index in [0.717, 1.165) is 6.20 Å². The van der Waals surface area contributed by atoms with Crippen LogP contribution >= 0.6 is 11.6 Å². The Morgan fingerprint density at radius 3 is 2.83 bits per heavy atom. The molecule has 2 aromatic heterocycles. The normalized spacial score (nSPS) is 10.5. The highest BCUT2D eigenvalue weighted by Crippen LogP contribution is 2.21. The largest absolute Gasteiger partial charge is 0.454 e. The maximum atomic E-state index is 12.2. The van der Waals surface area contributed by atoms with E-state index in [0.29, 0.717) is 16.5 Å². The molecule has 0 saturated carbocycles. The van der Waals surface area contributed by atoms with Crippen LogP contribution in [0.2, 0.25) is 5.02 Å². The summed E-state index contributed by atoms with van der Waals surface area (Å²) in [4.78, 5) is 22.2. The molecule has 0 fully saturated rings. The van der Waals surface area contributed by atoms with E-state index in [1.807, 2.05) is 0 Å². The highest BCUT2D eigenvalue weighted by molar-refractivity contribution is 6.33. The molecule has 3 aromatic rings. The molecule has 0 aliphatic rings. The Balaban J connectivity index is 1.69. The number of halogens is 1. The van der Waals surface area contributed by atoms with Crippen molar-refractivity contribution in [3.63, 3.8) is 0 Å². The number of carbonyl (C=O) groups excluding carboxylic acids is 1. The summed E-state index contributed by atoms with van der Waals surface area (Å²) in [7, 11) is 0. The second kappa shape index (κ2) is 6.55. The minimum absolute atomic E-state index is 0.103. The van der Waals surface area contributed by atoms with Gasteiger partial charge in [0.05, 0.1) is 22.2 Å². The fraction of sp³-hybridized carbons (Fsp3) is 0.0667. The lowest BCUT2D eigenvalue weighted by atomic mass is 10.3. The number of nitro groups is 1. The van der Waals surface area contributed by atoms with Gasteiger partial charge in [-0.05, 0) is 24.3 Å². The van der Waals surface area contributed by atoms with Crippen LogP contribution in [0.4, 0.5) is 11.4 Å². The predicted octanol–water partition coefficient (Wildman–Crippen LogP) is 3.34. The molecule has 0 aliphatic carbocycles. The fourth-order valence-electron chi connectivity index (χ4n) is 2.02. The number of aromatic nitrogens is 2. The molecule has 9 heteroatoms. The van der Waals surface area contributed by atoms with E-state index in [1.165, 1.54) is 16.9 Å². The van der Waals surface area contributed by atoms with Crippen LogP contribution in [0.1, 0.15) is 16.3 Å². The van der Waals surface area contributed by atoms with Crippen molar-refractivity contribution >= 4 is 28.9 Å². The van der Waals surface area contributed by atoms with Crippen molar-refractivity contribution in [1.29, 1.82) is 0 Å². The van der Waals surface area contributed by atoms with Crippen LogP contribution in [0.15, 0.2) is 53.2 Å². The summed E-state index contributed by atoms with van der Waals surface area (Å²) in [5.41, 5.74) is 0.364. The standard InChI is InChI=1S/C15H11ClN4O4/c16-12-3-1-2-4-13(12)18-15(21)14-6-5-11(24-14)9-19-8-10(7-17-19)20(22)23/h1-8H,9H2,(H,18,21). The number of hydrogen-bond acceptors (Lipinski definition) is 5. The van der Waals surface area contributed by atoms with Gasteiger partial charge in [0, 0.05) is 0 Å². The number of furan rings is 1. The van der Waals surface area contributed by atoms with E-state index in [4.69, 9.17) is 16.0 Å². The summed E-state index contributed by atoms with van der Waals surface area (Å²) in [6.45, 7) is 0.174. The Kier molecular flexibility index (Phi) is 4.30. The number of rotatable bonds is 5. The number of para-hydroxylation sites is 1. The van der Waals surface area contributed by atoms with Gasteiger partial charge in [0.2, 0.25) is 0 Å². The maximum absolute atomic E-state index is 12.2. The SMILES string of the molecule is O=C(Nc1ccccc1Cl)c1ccc(Cn2cc([N+](=O)[O-])cn2)o1. The first kappa shape index (κ1) is 15.8. The molecular formula is C15H11ClN4O4. The van der Waals surface area contributed by atoms with Crippen molar-refractivity contribution in [2.45, 2.75) is 6.54 Å². The number of amides is 1. The molecule has 3 rings (SSSR count). The van der Waals surface area contributed by atoms with Crippen LogP contribution in [-0.2, 0) is 6.54 Å². The Morgan fingerprint density at radius 1 is 1.33 bits per heavy atom. The third-order valence-electron chi connectivity index (χ3n) is 3.16. The van der Waals surface area contributed by atoms with Gasteiger partial charge in [-0.2, -0.15) is 5.10 Å². The van der Waals surface area contributed by atoms with Crippen LogP contribution in [0.5, 0.6) is 0 Å². The lowest BCUT2D eigenvalue weighted by Crippen LogP contribution is -2.11. The van der Waals surface area contributed by atoms with Crippen molar-refractivity contribution < 1.29 is 14.1 Å². The summed E-state index contributed by atoms with van der Waals surface area (Å²) < 4.78 is 6.80. The van der Waals surface area contributed by atoms with Crippen molar-refractivity contribution in [2.24, 2.45) is 0 Å². The number of hydrogen-bond donors (Lipinski definition) is 1. The molecule has 1 amide bonds. The molecule has 8 nitrogen and oxygen atoms in total. The minimum atomic E-state index is -0.534. The van der Waals surface area contributed by atoms with Crippen LogP contribution in [0.25, 0.3) is 0 Å². The predicted molar refractivity (Wildman–Crippen MR) is 86.1 cm³/mol. The first-order valence-electron chi connectivity index (χ1n) is 6.84. The average molecular weight is 347 g/mol. The minimum Gasteiger partial charge on any atom is -0.454 e. The van der Waals surface area contributed by atoms with Gasteiger partial charge in [-0.15, -0.1) is 0 Å². The highest BCUT2D eigenvalue weighted by Gasteiger charge is 2.14. The molecule has 122 valence electrons. The Bertz CT molecular complexity index is 902. The van der Waals surface area contributed by atoms with Crippen molar-refractivity contribution in [1.82, 2.24) is 9.78 Å². The van der Waals surface area contributed by atoms with E-state index in [-0.39, 0.29) is 18.0 Å². The molecule has 24 heavy (non-hydrogen) atoms. The van der Waals surface area contributed by atoms with Crippen LogP contribution in [0, 0.1) is 10.1 Å². The van der Waals surface area contributed by atoms with Crippen molar-refractivity contribution in [3.05, 3.63) is 75.4 Å². The van der Waals surface area contributed by atoms with E-state index in [2.05, 4.69) is 10.4 Å². The zero-order valence-corrected chi connectivity index (χ0v) is 12.9. The molecule has 0 aliphatic heterocycles. The Morgan fingerprint density at radius 2 is 2.12 bits per heavy atom. The lowest BCUT2D eigenvalue weighted by Gasteiger charge is -2.04. The van der Waals surface area contributed by atoms with Gasteiger partial charge in [0.25, 0.3) is 5.91 Å². The molecule has 1 N–H and O–H groups in total. The van der Waals surface area contributed by atoms with Crippen molar-refractivity contribution in [2.75, 3.05) is 5.32 Å². The number of benzene rings is 1. The second-order valence-corrected chi connectivity index (χ2v) is 5.26. The Labute approximate surface area is 140 Å². The van der Waals surface area contributed by atoms with Gasteiger partial charge in [-0.25, -0.2) is 0 Å². The first-order valence-corrected chi connectivity index (χ1v) is 7.22. The Hall–Kier alpha value is -3.13. The van der Waals surface area contributed by atoms with Gasteiger partial charge < -0.3 is 9.73 Å². The zero-order valence-electron chi connectivity index (χ0n) is 12.2. The molecular weight excluding hydrogens is 336 g/mol. The zero-order chi connectivity index (χ0) is 17.1. The van der Waals surface area contributed by atoms with Crippen LogP contribution in [-0.4, -0.2) is 20.6 Å².